The van der Waals surface area contributed by atoms with Crippen LogP contribution in [0.2, 0.25) is 0 Å². The molecule has 0 radical (unpaired) electrons. The number of hydrogen-bond donors (Lipinski definition) is 1. The van der Waals surface area contributed by atoms with Crippen molar-refractivity contribution >= 4 is 27.0 Å². The van der Waals surface area contributed by atoms with E-state index in [9.17, 15) is 18.3 Å². The van der Waals surface area contributed by atoms with Crippen molar-refractivity contribution in [3.8, 4) is 0 Å². The number of amides is 1. The molecule has 1 aliphatic carbocycles. The van der Waals surface area contributed by atoms with Gasteiger partial charge < -0.3 is 5.11 Å². The number of nitrogens with zero attached hydrogens (tertiary/aromatic N) is 4. The zero-order valence-corrected chi connectivity index (χ0v) is 16.0. The zero-order valence-electron chi connectivity index (χ0n) is 15.2. The number of aliphatic hydroxyl groups is 1. The topological polar surface area (TPSA) is 105 Å². The number of rotatable bonds is 4. The van der Waals surface area contributed by atoms with Crippen LogP contribution in [0.3, 0.4) is 0 Å². The van der Waals surface area contributed by atoms with Gasteiger partial charge in [-0.1, -0.05) is 0 Å². The highest BCUT2D eigenvalue weighted by Gasteiger charge is 2.35. The van der Waals surface area contributed by atoms with Crippen molar-refractivity contribution in [1.29, 1.82) is 0 Å². The Bertz CT molecular complexity index is 914. The Morgan fingerprint density at radius 1 is 1.27 bits per heavy atom. The number of pyridine rings is 1. The lowest BCUT2D eigenvalue weighted by Crippen LogP contribution is -2.46. The summed E-state index contributed by atoms with van der Waals surface area (Å²) in [6.45, 7) is 3.96. The van der Waals surface area contributed by atoms with Crippen molar-refractivity contribution in [1.82, 2.24) is 19.1 Å². The van der Waals surface area contributed by atoms with Crippen LogP contribution in [-0.4, -0.2) is 56.9 Å². The van der Waals surface area contributed by atoms with Crippen molar-refractivity contribution in [3.63, 3.8) is 0 Å². The van der Waals surface area contributed by atoms with E-state index in [0.29, 0.717) is 36.7 Å². The third-order valence-electron chi connectivity index (χ3n) is 4.72. The normalized spacial score (nSPS) is 21.3. The first-order chi connectivity index (χ1) is 12.2. The van der Waals surface area contributed by atoms with Crippen molar-refractivity contribution in [2.45, 2.75) is 57.7 Å². The molecule has 0 bridgehead atoms. The van der Waals surface area contributed by atoms with Gasteiger partial charge in [0.15, 0.2) is 5.65 Å². The maximum Gasteiger partial charge on any atom is 0.269 e. The fourth-order valence-corrected chi connectivity index (χ4v) is 4.60. The summed E-state index contributed by atoms with van der Waals surface area (Å²) in [6.07, 6.45) is 5.54. The van der Waals surface area contributed by atoms with Crippen LogP contribution in [0.25, 0.3) is 11.0 Å². The van der Waals surface area contributed by atoms with E-state index in [-0.39, 0.29) is 11.6 Å². The van der Waals surface area contributed by atoms with Crippen LogP contribution in [0.4, 0.5) is 0 Å². The maximum absolute atomic E-state index is 13.0. The van der Waals surface area contributed by atoms with Crippen molar-refractivity contribution < 1.29 is 18.3 Å². The molecule has 26 heavy (non-hydrogen) atoms. The van der Waals surface area contributed by atoms with Gasteiger partial charge in [0.2, 0.25) is 10.0 Å². The quantitative estimate of drug-likeness (QED) is 0.866. The molecule has 2 heterocycles. The number of aliphatic hydroxyl groups excluding tert-OH is 1. The second-order valence-corrected chi connectivity index (χ2v) is 9.01. The van der Waals surface area contributed by atoms with E-state index in [4.69, 9.17) is 0 Å². The highest BCUT2D eigenvalue weighted by atomic mass is 32.2. The van der Waals surface area contributed by atoms with Gasteiger partial charge in [-0.3, -0.25) is 4.79 Å². The summed E-state index contributed by atoms with van der Waals surface area (Å²) in [5.41, 5.74) is 0.876. The predicted octanol–water partition coefficient (Wildman–Crippen LogP) is 1.72. The van der Waals surface area contributed by atoms with Gasteiger partial charge >= 0.3 is 0 Å². The second kappa shape index (κ2) is 6.96. The Morgan fingerprint density at radius 2 is 1.92 bits per heavy atom. The summed E-state index contributed by atoms with van der Waals surface area (Å²) >= 11 is 0. The van der Waals surface area contributed by atoms with E-state index in [1.807, 2.05) is 13.8 Å². The minimum Gasteiger partial charge on any atom is -0.393 e. The zero-order chi connectivity index (χ0) is 19.1. The number of sulfonamides is 1. The van der Waals surface area contributed by atoms with Crippen LogP contribution in [0.1, 0.15) is 55.9 Å². The fraction of sp³-hybridized carbons (Fsp3) is 0.588. The summed E-state index contributed by atoms with van der Waals surface area (Å²) < 4.78 is 27.3. The standard InChI is InChI=1S/C17H24N4O4S/c1-11(2)20-16-12(10-19-20)8-13(9-18-16)17(23)21(26(3,24)25)14-4-6-15(22)7-5-14/h8-11,14-15,22H,4-7H2,1-3H3. The van der Waals surface area contributed by atoms with Crippen molar-refractivity contribution in [2.75, 3.05) is 6.26 Å². The first-order valence-electron chi connectivity index (χ1n) is 8.73. The van der Waals surface area contributed by atoms with Gasteiger partial charge in [-0.2, -0.15) is 5.10 Å². The molecular weight excluding hydrogens is 356 g/mol. The molecule has 1 amide bonds. The van der Waals surface area contributed by atoms with E-state index < -0.39 is 28.1 Å². The van der Waals surface area contributed by atoms with Gasteiger partial charge in [-0.15, -0.1) is 0 Å². The molecule has 1 aliphatic rings. The predicted molar refractivity (Wildman–Crippen MR) is 97.2 cm³/mol. The lowest BCUT2D eigenvalue weighted by Gasteiger charge is -2.34. The van der Waals surface area contributed by atoms with Crippen LogP contribution in [-0.2, 0) is 10.0 Å². The Labute approximate surface area is 152 Å². The van der Waals surface area contributed by atoms with Gasteiger partial charge in [0.05, 0.1) is 24.1 Å². The number of hydrogen-bond acceptors (Lipinski definition) is 6. The van der Waals surface area contributed by atoms with Crippen LogP contribution in [0, 0.1) is 0 Å². The Kier molecular flexibility index (Phi) is 5.03. The van der Waals surface area contributed by atoms with E-state index in [1.165, 1.54) is 6.20 Å². The average Bonchev–Trinajstić information content (AvgIpc) is 2.99. The summed E-state index contributed by atoms with van der Waals surface area (Å²) in [7, 11) is -3.74. The molecule has 0 atom stereocenters. The van der Waals surface area contributed by atoms with Crippen LogP contribution < -0.4 is 0 Å². The van der Waals surface area contributed by atoms with Gasteiger partial charge in [0, 0.05) is 23.7 Å². The molecule has 0 saturated heterocycles. The van der Waals surface area contributed by atoms with Crippen LogP contribution >= 0.6 is 0 Å². The van der Waals surface area contributed by atoms with Crippen LogP contribution in [0.15, 0.2) is 18.5 Å². The average molecular weight is 380 g/mol. The van der Waals surface area contributed by atoms with Gasteiger partial charge in [0.25, 0.3) is 5.91 Å². The van der Waals surface area contributed by atoms with E-state index in [2.05, 4.69) is 10.1 Å². The molecule has 8 nitrogen and oxygen atoms in total. The number of carbonyl (C=O) groups is 1. The molecule has 2 aromatic rings. The molecule has 0 spiro atoms. The number of aromatic nitrogens is 3. The van der Waals surface area contributed by atoms with E-state index >= 15 is 0 Å². The molecular formula is C17H24N4O4S. The molecule has 0 aromatic carbocycles. The SMILES string of the molecule is CC(C)n1ncc2cc(C(=O)N(C3CCC(O)CC3)S(C)(=O)=O)cnc21. The van der Waals surface area contributed by atoms with Gasteiger partial charge in [0.1, 0.15) is 0 Å². The molecule has 9 heteroatoms. The fourth-order valence-electron chi connectivity index (χ4n) is 3.44. The van der Waals surface area contributed by atoms with Crippen molar-refractivity contribution in [3.05, 3.63) is 24.0 Å². The third-order valence-corrected chi connectivity index (χ3v) is 5.90. The first-order valence-corrected chi connectivity index (χ1v) is 10.6. The first kappa shape index (κ1) is 18.8. The number of fused-ring (bicyclic) bond motifs is 1. The smallest absolute Gasteiger partial charge is 0.269 e. The summed E-state index contributed by atoms with van der Waals surface area (Å²) in [5, 5.41) is 14.6. The summed E-state index contributed by atoms with van der Waals surface area (Å²) in [4.78, 5) is 17.3. The second-order valence-electron chi connectivity index (χ2n) is 7.15. The minimum absolute atomic E-state index is 0.128. The van der Waals surface area contributed by atoms with Crippen LogP contribution in [0.5, 0.6) is 0 Å². The molecule has 3 rings (SSSR count). The lowest BCUT2D eigenvalue weighted by atomic mass is 9.93. The highest BCUT2D eigenvalue weighted by molar-refractivity contribution is 7.88. The Hall–Kier alpha value is -2.00. The third kappa shape index (κ3) is 3.59. The van der Waals surface area contributed by atoms with E-state index in [1.54, 1.807) is 16.9 Å². The molecule has 1 N–H and O–H groups in total. The lowest BCUT2D eigenvalue weighted by molar-refractivity contribution is 0.0695. The van der Waals surface area contributed by atoms with Crippen molar-refractivity contribution in [2.24, 2.45) is 0 Å². The molecule has 2 aromatic heterocycles. The number of carbonyl (C=O) groups excluding carboxylic acids is 1. The largest absolute Gasteiger partial charge is 0.393 e. The summed E-state index contributed by atoms with van der Waals surface area (Å²) in [6, 6.07) is 1.32. The maximum atomic E-state index is 13.0. The minimum atomic E-state index is -3.74. The highest BCUT2D eigenvalue weighted by Crippen LogP contribution is 2.27. The summed E-state index contributed by atoms with van der Waals surface area (Å²) in [5.74, 6) is -0.583. The molecule has 0 aliphatic heterocycles. The van der Waals surface area contributed by atoms with Gasteiger partial charge in [-0.25, -0.2) is 22.4 Å². The van der Waals surface area contributed by atoms with E-state index in [0.717, 1.165) is 10.6 Å². The Balaban J connectivity index is 1.95. The monoisotopic (exact) mass is 380 g/mol. The Morgan fingerprint density at radius 3 is 2.50 bits per heavy atom. The molecule has 1 saturated carbocycles. The molecule has 142 valence electrons. The molecule has 1 fully saturated rings. The molecule has 0 unspecified atom stereocenters. The van der Waals surface area contributed by atoms with Gasteiger partial charge in [-0.05, 0) is 45.6 Å².